The summed E-state index contributed by atoms with van der Waals surface area (Å²) < 4.78 is 0. The molecular formula is C19H17ClN2S. The molecule has 116 valence electrons. The van der Waals surface area contributed by atoms with Crippen LogP contribution in [0, 0.1) is 6.92 Å². The molecule has 0 spiro atoms. The highest BCUT2D eigenvalue weighted by Gasteiger charge is 2.17. The van der Waals surface area contributed by atoms with E-state index < -0.39 is 0 Å². The summed E-state index contributed by atoms with van der Waals surface area (Å²) in [6, 6.07) is 16.9. The zero-order valence-electron chi connectivity index (χ0n) is 12.9. The molecule has 0 atom stereocenters. The third-order valence-corrected chi connectivity index (χ3v) is 5.59. The quantitative estimate of drug-likeness (QED) is 0.597. The van der Waals surface area contributed by atoms with Crippen LogP contribution in [0.25, 0.3) is 10.9 Å². The van der Waals surface area contributed by atoms with Crippen LogP contribution in [-0.4, -0.2) is 17.3 Å². The number of halogens is 1. The molecule has 4 heteroatoms. The zero-order chi connectivity index (χ0) is 15.8. The molecular weight excluding hydrogens is 324 g/mol. The van der Waals surface area contributed by atoms with E-state index in [1.165, 1.54) is 16.0 Å². The minimum Gasteiger partial charge on any atom is -0.351 e. The summed E-state index contributed by atoms with van der Waals surface area (Å²) >= 11 is 8.44. The summed E-state index contributed by atoms with van der Waals surface area (Å²) in [5.41, 5.74) is 3.52. The molecule has 0 amide bonds. The summed E-state index contributed by atoms with van der Waals surface area (Å²) in [5.74, 6) is 2.02. The maximum Gasteiger partial charge on any atom is 0.131 e. The number of hydrogen-bond acceptors (Lipinski definition) is 3. The van der Waals surface area contributed by atoms with Gasteiger partial charge in [-0.15, -0.1) is 11.8 Å². The van der Waals surface area contributed by atoms with Crippen LogP contribution in [0.3, 0.4) is 0 Å². The fourth-order valence-corrected chi connectivity index (χ4v) is 4.24. The van der Waals surface area contributed by atoms with Gasteiger partial charge in [-0.05, 0) is 36.8 Å². The Labute approximate surface area is 145 Å². The predicted octanol–water partition coefficient (Wildman–Crippen LogP) is 5.31. The standard InChI is InChI=1S/C19H17ClN2S/c1-13-6-7-17-15(10-13)16(20)11-19(21-17)22-8-9-23-18-5-3-2-4-14(18)12-22/h2-7,10-11H,8-9,12H2,1H3. The number of aryl methyl sites for hydroxylation is 1. The fourth-order valence-electron chi connectivity index (χ4n) is 2.97. The normalized spacial score (nSPS) is 14.6. The Morgan fingerprint density at radius 2 is 2.00 bits per heavy atom. The van der Waals surface area contributed by atoms with Crippen molar-refractivity contribution in [2.24, 2.45) is 0 Å². The molecule has 4 rings (SSSR count). The largest absolute Gasteiger partial charge is 0.351 e. The fraction of sp³-hybridized carbons (Fsp3) is 0.211. The first-order valence-corrected chi connectivity index (χ1v) is 9.09. The third kappa shape index (κ3) is 2.91. The van der Waals surface area contributed by atoms with Crippen molar-refractivity contribution >= 4 is 40.1 Å². The number of hydrogen-bond donors (Lipinski definition) is 0. The number of pyridine rings is 1. The van der Waals surface area contributed by atoms with E-state index in [0.29, 0.717) is 0 Å². The maximum absolute atomic E-state index is 6.52. The van der Waals surface area contributed by atoms with Crippen molar-refractivity contribution in [2.75, 3.05) is 17.2 Å². The smallest absolute Gasteiger partial charge is 0.131 e. The molecule has 3 aromatic rings. The predicted molar refractivity (Wildman–Crippen MR) is 99.7 cm³/mol. The molecule has 0 unspecified atom stereocenters. The minimum atomic E-state index is 0.777. The van der Waals surface area contributed by atoms with Gasteiger partial charge in [-0.1, -0.05) is 41.4 Å². The van der Waals surface area contributed by atoms with Crippen LogP contribution in [-0.2, 0) is 6.54 Å². The van der Waals surface area contributed by atoms with Crippen molar-refractivity contribution in [1.29, 1.82) is 0 Å². The van der Waals surface area contributed by atoms with Gasteiger partial charge in [0.1, 0.15) is 5.82 Å². The molecule has 1 aliphatic rings. The Bertz CT molecular complexity index is 878. The Kier molecular flexibility index (Phi) is 3.92. The van der Waals surface area contributed by atoms with Gasteiger partial charge < -0.3 is 4.90 Å². The van der Waals surface area contributed by atoms with E-state index in [1.807, 2.05) is 17.8 Å². The molecule has 0 bridgehead atoms. The molecule has 2 aromatic carbocycles. The number of rotatable bonds is 1. The third-order valence-electron chi connectivity index (χ3n) is 4.18. The highest BCUT2D eigenvalue weighted by molar-refractivity contribution is 7.99. The second-order valence-electron chi connectivity index (χ2n) is 5.86. The summed E-state index contributed by atoms with van der Waals surface area (Å²) in [6.45, 7) is 3.93. The summed E-state index contributed by atoms with van der Waals surface area (Å²) in [6.07, 6.45) is 0. The van der Waals surface area contributed by atoms with Gasteiger partial charge in [0.15, 0.2) is 0 Å². The van der Waals surface area contributed by atoms with Gasteiger partial charge >= 0.3 is 0 Å². The van der Waals surface area contributed by atoms with Crippen LogP contribution in [0.4, 0.5) is 5.82 Å². The van der Waals surface area contributed by atoms with Crippen molar-refractivity contribution in [3.8, 4) is 0 Å². The van der Waals surface area contributed by atoms with E-state index in [-0.39, 0.29) is 0 Å². The van der Waals surface area contributed by atoms with Gasteiger partial charge in [0, 0.05) is 29.1 Å². The monoisotopic (exact) mass is 340 g/mol. The van der Waals surface area contributed by atoms with Crippen molar-refractivity contribution in [2.45, 2.75) is 18.4 Å². The van der Waals surface area contributed by atoms with Crippen LogP contribution in [0.1, 0.15) is 11.1 Å². The number of benzene rings is 2. The lowest BCUT2D eigenvalue weighted by molar-refractivity contribution is 0.821. The average molecular weight is 341 g/mol. The van der Waals surface area contributed by atoms with Gasteiger partial charge in [0.25, 0.3) is 0 Å². The number of thioether (sulfide) groups is 1. The van der Waals surface area contributed by atoms with Gasteiger partial charge in [-0.3, -0.25) is 0 Å². The lowest BCUT2D eigenvalue weighted by atomic mass is 10.1. The van der Waals surface area contributed by atoms with E-state index in [4.69, 9.17) is 16.6 Å². The summed E-state index contributed by atoms with van der Waals surface area (Å²) in [4.78, 5) is 8.54. The first-order valence-electron chi connectivity index (χ1n) is 7.73. The second-order valence-corrected chi connectivity index (χ2v) is 7.40. The number of fused-ring (bicyclic) bond motifs is 2. The lowest BCUT2D eigenvalue weighted by Crippen LogP contribution is -2.24. The van der Waals surface area contributed by atoms with Crippen LogP contribution in [0.2, 0.25) is 5.02 Å². The molecule has 0 radical (unpaired) electrons. The molecule has 2 heterocycles. The van der Waals surface area contributed by atoms with E-state index in [0.717, 1.165) is 40.6 Å². The Hall–Kier alpha value is -1.71. The summed E-state index contributed by atoms with van der Waals surface area (Å²) in [7, 11) is 0. The topological polar surface area (TPSA) is 16.1 Å². The van der Waals surface area contributed by atoms with Crippen molar-refractivity contribution in [1.82, 2.24) is 4.98 Å². The van der Waals surface area contributed by atoms with Crippen LogP contribution in [0.15, 0.2) is 53.4 Å². The minimum absolute atomic E-state index is 0.777. The van der Waals surface area contributed by atoms with Gasteiger partial charge in [-0.2, -0.15) is 0 Å². The lowest BCUT2D eigenvalue weighted by Gasteiger charge is -2.22. The molecule has 0 aliphatic carbocycles. The highest BCUT2D eigenvalue weighted by Crippen LogP contribution is 2.32. The highest BCUT2D eigenvalue weighted by atomic mass is 35.5. The molecule has 1 aliphatic heterocycles. The molecule has 0 N–H and O–H groups in total. The molecule has 0 fully saturated rings. The molecule has 23 heavy (non-hydrogen) atoms. The van der Waals surface area contributed by atoms with E-state index in [9.17, 15) is 0 Å². The van der Waals surface area contributed by atoms with Crippen molar-refractivity contribution in [3.63, 3.8) is 0 Å². The van der Waals surface area contributed by atoms with Gasteiger partial charge in [0.05, 0.1) is 10.5 Å². The van der Waals surface area contributed by atoms with Crippen LogP contribution >= 0.6 is 23.4 Å². The van der Waals surface area contributed by atoms with Gasteiger partial charge in [-0.25, -0.2) is 4.98 Å². The van der Waals surface area contributed by atoms with Crippen LogP contribution < -0.4 is 4.90 Å². The van der Waals surface area contributed by atoms with E-state index >= 15 is 0 Å². The number of aromatic nitrogens is 1. The van der Waals surface area contributed by atoms with E-state index in [2.05, 4.69) is 54.3 Å². The molecule has 0 saturated carbocycles. The molecule has 1 aromatic heterocycles. The Balaban J connectivity index is 1.75. The van der Waals surface area contributed by atoms with E-state index in [1.54, 1.807) is 0 Å². The number of nitrogens with zero attached hydrogens (tertiary/aromatic N) is 2. The molecule has 2 nitrogen and oxygen atoms in total. The Morgan fingerprint density at radius 3 is 2.91 bits per heavy atom. The Morgan fingerprint density at radius 1 is 1.13 bits per heavy atom. The average Bonchev–Trinajstić information content (AvgIpc) is 2.77. The van der Waals surface area contributed by atoms with Crippen molar-refractivity contribution in [3.05, 3.63) is 64.7 Å². The first-order chi connectivity index (χ1) is 11.2. The second kappa shape index (κ2) is 6.06. The molecule has 0 saturated heterocycles. The SMILES string of the molecule is Cc1ccc2nc(N3CCSc4ccccc4C3)cc(Cl)c2c1. The summed E-state index contributed by atoms with van der Waals surface area (Å²) in [5, 5.41) is 1.80. The number of anilines is 1. The first kappa shape index (κ1) is 14.9. The van der Waals surface area contributed by atoms with Crippen molar-refractivity contribution < 1.29 is 0 Å². The van der Waals surface area contributed by atoms with Crippen LogP contribution in [0.5, 0.6) is 0 Å². The maximum atomic E-state index is 6.52. The zero-order valence-corrected chi connectivity index (χ0v) is 14.5. The van der Waals surface area contributed by atoms with Gasteiger partial charge in [0.2, 0.25) is 0 Å².